The van der Waals surface area contributed by atoms with Crippen molar-refractivity contribution >= 4 is 5.97 Å². The van der Waals surface area contributed by atoms with E-state index in [2.05, 4.69) is 9.72 Å². The average Bonchev–Trinajstić information content (AvgIpc) is 2.38. The van der Waals surface area contributed by atoms with E-state index in [9.17, 15) is 9.18 Å². The van der Waals surface area contributed by atoms with Crippen LogP contribution in [0.1, 0.15) is 10.5 Å². The number of carbonyl (C=O) groups excluding carboxylic acids is 1. The molecule has 0 fully saturated rings. The summed E-state index contributed by atoms with van der Waals surface area (Å²) >= 11 is 0. The fourth-order valence-electron chi connectivity index (χ4n) is 1.47. The molecule has 2 aromatic rings. The molecule has 86 valence electrons. The standard InChI is InChI=1S/C13H10FNO2/c1-17-13(16)12-8-4-7-11(15-12)9-5-2-3-6-10(9)14/h2-8H,1H3. The quantitative estimate of drug-likeness (QED) is 0.746. The number of halogens is 1. The van der Waals surface area contributed by atoms with Gasteiger partial charge in [0.25, 0.3) is 0 Å². The molecule has 17 heavy (non-hydrogen) atoms. The Morgan fingerprint density at radius 1 is 1.18 bits per heavy atom. The molecule has 0 aliphatic heterocycles. The molecule has 1 aromatic carbocycles. The van der Waals surface area contributed by atoms with Gasteiger partial charge >= 0.3 is 5.97 Å². The Kier molecular flexibility index (Phi) is 3.14. The fraction of sp³-hybridized carbons (Fsp3) is 0.0769. The third-order valence-corrected chi connectivity index (χ3v) is 2.29. The third kappa shape index (κ3) is 2.30. The summed E-state index contributed by atoms with van der Waals surface area (Å²) in [6, 6.07) is 11.1. The van der Waals surface area contributed by atoms with Crippen molar-refractivity contribution in [1.82, 2.24) is 4.98 Å². The number of carbonyl (C=O) groups is 1. The van der Waals surface area contributed by atoms with Crippen LogP contribution >= 0.6 is 0 Å². The number of benzene rings is 1. The van der Waals surface area contributed by atoms with E-state index < -0.39 is 5.97 Å². The molecule has 0 unspecified atom stereocenters. The zero-order valence-corrected chi connectivity index (χ0v) is 9.18. The highest BCUT2D eigenvalue weighted by molar-refractivity contribution is 5.87. The molecule has 0 saturated carbocycles. The van der Waals surface area contributed by atoms with Gasteiger partial charge in [-0.3, -0.25) is 0 Å². The second-order valence-electron chi connectivity index (χ2n) is 3.38. The van der Waals surface area contributed by atoms with Gasteiger partial charge in [-0.25, -0.2) is 14.2 Å². The number of hydrogen-bond donors (Lipinski definition) is 0. The molecule has 0 atom stereocenters. The summed E-state index contributed by atoms with van der Waals surface area (Å²) in [5, 5.41) is 0. The van der Waals surface area contributed by atoms with Gasteiger partial charge in [-0.05, 0) is 24.3 Å². The average molecular weight is 231 g/mol. The minimum Gasteiger partial charge on any atom is -0.464 e. The van der Waals surface area contributed by atoms with E-state index in [1.54, 1.807) is 30.3 Å². The molecule has 1 heterocycles. The fourth-order valence-corrected chi connectivity index (χ4v) is 1.47. The first kappa shape index (κ1) is 11.3. The van der Waals surface area contributed by atoms with Gasteiger partial charge in [0.2, 0.25) is 0 Å². The lowest BCUT2D eigenvalue weighted by molar-refractivity contribution is 0.0594. The van der Waals surface area contributed by atoms with E-state index in [1.165, 1.54) is 19.2 Å². The first-order valence-electron chi connectivity index (χ1n) is 5.02. The maximum atomic E-state index is 13.5. The molecular weight excluding hydrogens is 221 g/mol. The van der Waals surface area contributed by atoms with Gasteiger partial charge in [0.05, 0.1) is 12.8 Å². The lowest BCUT2D eigenvalue weighted by Gasteiger charge is -2.04. The summed E-state index contributed by atoms with van der Waals surface area (Å²) in [4.78, 5) is 15.4. The third-order valence-electron chi connectivity index (χ3n) is 2.29. The molecule has 0 bridgehead atoms. The number of aromatic nitrogens is 1. The van der Waals surface area contributed by atoms with Crippen LogP contribution in [-0.2, 0) is 4.74 Å². The number of esters is 1. The number of rotatable bonds is 2. The Bertz CT molecular complexity index is 555. The summed E-state index contributed by atoms with van der Waals surface area (Å²) in [5.41, 5.74) is 0.928. The minimum atomic E-state index is -0.539. The van der Waals surface area contributed by atoms with Crippen molar-refractivity contribution in [3.63, 3.8) is 0 Å². The molecule has 0 radical (unpaired) electrons. The molecule has 0 spiro atoms. The van der Waals surface area contributed by atoms with Crippen LogP contribution in [0.4, 0.5) is 4.39 Å². The van der Waals surface area contributed by atoms with Crippen molar-refractivity contribution in [3.05, 3.63) is 54.0 Å². The van der Waals surface area contributed by atoms with Crippen LogP contribution in [0.15, 0.2) is 42.5 Å². The van der Waals surface area contributed by atoms with E-state index in [1.807, 2.05) is 0 Å². The number of nitrogens with zero attached hydrogens (tertiary/aromatic N) is 1. The summed E-state index contributed by atoms with van der Waals surface area (Å²) in [7, 11) is 1.28. The van der Waals surface area contributed by atoms with Crippen molar-refractivity contribution in [2.45, 2.75) is 0 Å². The van der Waals surface area contributed by atoms with Gasteiger partial charge in [-0.15, -0.1) is 0 Å². The Morgan fingerprint density at radius 2 is 1.94 bits per heavy atom. The first-order valence-corrected chi connectivity index (χ1v) is 5.02. The molecule has 1 aromatic heterocycles. The van der Waals surface area contributed by atoms with Gasteiger partial charge in [-0.1, -0.05) is 18.2 Å². The molecule has 0 aliphatic carbocycles. The van der Waals surface area contributed by atoms with Crippen molar-refractivity contribution in [1.29, 1.82) is 0 Å². The number of ether oxygens (including phenoxy) is 1. The Labute approximate surface area is 97.9 Å². The van der Waals surface area contributed by atoms with Crippen LogP contribution in [0, 0.1) is 5.82 Å². The van der Waals surface area contributed by atoms with Crippen molar-refractivity contribution in [2.24, 2.45) is 0 Å². The molecule has 0 amide bonds. The normalized spacial score (nSPS) is 10.0. The number of pyridine rings is 1. The molecule has 3 nitrogen and oxygen atoms in total. The highest BCUT2D eigenvalue weighted by atomic mass is 19.1. The summed E-state index contributed by atoms with van der Waals surface area (Å²) < 4.78 is 18.1. The van der Waals surface area contributed by atoms with Gasteiger partial charge in [0, 0.05) is 5.56 Å². The molecule has 0 aliphatic rings. The minimum absolute atomic E-state index is 0.160. The largest absolute Gasteiger partial charge is 0.464 e. The maximum Gasteiger partial charge on any atom is 0.356 e. The van der Waals surface area contributed by atoms with Crippen LogP contribution < -0.4 is 0 Å². The molecule has 0 N–H and O–H groups in total. The molecule has 4 heteroatoms. The van der Waals surface area contributed by atoms with Crippen LogP contribution in [0.3, 0.4) is 0 Å². The summed E-state index contributed by atoms with van der Waals surface area (Å²) in [6.45, 7) is 0. The molecule has 0 saturated heterocycles. The first-order chi connectivity index (χ1) is 8.22. The van der Waals surface area contributed by atoms with Gasteiger partial charge in [-0.2, -0.15) is 0 Å². The smallest absolute Gasteiger partial charge is 0.356 e. The van der Waals surface area contributed by atoms with Crippen LogP contribution in [-0.4, -0.2) is 18.1 Å². The van der Waals surface area contributed by atoms with Crippen molar-refractivity contribution < 1.29 is 13.9 Å². The topological polar surface area (TPSA) is 39.2 Å². The van der Waals surface area contributed by atoms with Gasteiger partial charge in [0.15, 0.2) is 0 Å². The SMILES string of the molecule is COC(=O)c1cccc(-c2ccccc2F)n1. The second kappa shape index (κ2) is 4.74. The zero-order valence-electron chi connectivity index (χ0n) is 9.18. The molecule has 2 rings (SSSR count). The lowest BCUT2D eigenvalue weighted by atomic mass is 10.1. The van der Waals surface area contributed by atoms with E-state index >= 15 is 0 Å². The predicted molar refractivity (Wildman–Crippen MR) is 61.0 cm³/mol. The van der Waals surface area contributed by atoms with Gasteiger partial charge in [0.1, 0.15) is 11.5 Å². The van der Waals surface area contributed by atoms with Crippen LogP contribution in [0.2, 0.25) is 0 Å². The lowest BCUT2D eigenvalue weighted by Crippen LogP contribution is -2.04. The van der Waals surface area contributed by atoms with Crippen LogP contribution in [0.5, 0.6) is 0 Å². The monoisotopic (exact) mass is 231 g/mol. The highest BCUT2D eigenvalue weighted by Gasteiger charge is 2.10. The number of methoxy groups -OCH3 is 1. The van der Waals surface area contributed by atoms with Crippen molar-refractivity contribution in [2.75, 3.05) is 7.11 Å². The highest BCUT2D eigenvalue weighted by Crippen LogP contribution is 2.20. The second-order valence-corrected chi connectivity index (χ2v) is 3.38. The van der Waals surface area contributed by atoms with E-state index in [0.717, 1.165) is 0 Å². The van der Waals surface area contributed by atoms with E-state index in [0.29, 0.717) is 11.3 Å². The Morgan fingerprint density at radius 3 is 2.65 bits per heavy atom. The van der Waals surface area contributed by atoms with Crippen molar-refractivity contribution in [3.8, 4) is 11.3 Å². The van der Waals surface area contributed by atoms with Crippen LogP contribution in [0.25, 0.3) is 11.3 Å². The van der Waals surface area contributed by atoms with E-state index in [4.69, 9.17) is 0 Å². The van der Waals surface area contributed by atoms with E-state index in [-0.39, 0.29) is 11.5 Å². The number of hydrogen-bond acceptors (Lipinski definition) is 3. The maximum absolute atomic E-state index is 13.5. The Hall–Kier alpha value is -2.23. The summed E-state index contributed by atoms with van der Waals surface area (Å²) in [5.74, 6) is -0.912. The van der Waals surface area contributed by atoms with Gasteiger partial charge < -0.3 is 4.74 Å². The predicted octanol–water partition coefficient (Wildman–Crippen LogP) is 2.67. The Balaban J connectivity index is 2.47. The zero-order chi connectivity index (χ0) is 12.3. The summed E-state index contributed by atoms with van der Waals surface area (Å²) in [6.07, 6.45) is 0. The molecular formula is C13H10FNO2.